The molecule has 8 N–H and O–H groups in total. The lowest BCUT2D eigenvalue weighted by Crippen LogP contribution is -2.29. The summed E-state index contributed by atoms with van der Waals surface area (Å²) in [5.74, 6) is -0.134. The molecule has 1 unspecified atom stereocenters. The van der Waals surface area contributed by atoms with E-state index in [-0.39, 0.29) is 40.5 Å². The van der Waals surface area contributed by atoms with Crippen molar-refractivity contribution in [3.63, 3.8) is 0 Å². The molecule has 2 fully saturated rings. The van der Waals surface area contributed by atoms with Gasteiger partial charge in [0.15, 0.2) is 15.9 Å². The number of nitrogens with two attached hydrogens (primary N) is 2. The van der Waals surface area contributed by atoms with Crippen LogP contribution >= 0.6 is 23.8 Å². The maximum absolute atomic E-state index is 12.8. The van der Waals surface area contributed by atoms with Crippen molar-refractivity contribution >= 4 is 46.7 Å². The molecule has 0 aliphatic carbocycles. The molecule has 3 aromatic rings. The monoisotopic (exact) mass is 634 g/mol. The number of nitrogens with one attached hydrogen (secondary N) is 1. The van der Waals surface area contributed by atoms with Crippen molar-refractivity contribution in [3.05, 3.63) is 37.8 Å². The Morgan fingerprint density at radius 1 is 1.18 bits per heavy atom. The van der Waals surface area contributed by atoms with E-state index in [1.807, 2.05) is 0 Å². The van der Waals surface area contributed by atoms with Crippen molar-refractivity contribution in [1.82, 2.24) is 29.1 Å². The van der Waals surface area contributed by atoms with Gasteiger partial charge in [0, 0.05) is 19.0 Å². The number of fused-ring (bicyclic) bond motifs is 1. The third-order valence-electron chi connectivity index (χ3n) is 6.21. The van der Waals surface area contributed by atoms with Crippen LogP contribution in [-0.4, -0.2) is 81.8 Å². The van der Waals surface area contributed by atoms with E-state index in [1.54, 1.807) is 0 Å². The van der Waals surface area contributed by atoms with Crippen molar-refractivity contribution in [2.75, 3.05) is 24.7 Å². The van der Waals surface area contributed by atoms with Crippen LogP contribution in [0.1, 0.15) is 25.3 Å². The van der Waals surface area contributed by atoms with Gasteiger partial charge in [-0.05, 0) is 22.0 Å². The van der Waals surface area contributed by atoms with Gasteiger partial charge in [-0.1, -0.05) is 0 Å². The number of aliphatic hydroxyl groups excluding tert-OH is 2. The molecule has 7 atom stereocenters. The molecule has 2 aliphatic heterocycles. The molecule has 5 rings (SSSR count). The summed E-state index contributed by atoms with van der Waals surface area (Å²) in [6, 6.07) is 1.39. The van der Waals surface area contributed by atoms with Gasteiger partial charge in [0.1, 0.15) is 36.6 Å². The highest BCUT2D eigenvalue weighted by Gasteiger charge is 2.44. The summed E-state index contributed by atoms with van der Waals surface area (Å²) in [6.45, 7) is -1.12. The summed E-state index contributed by atoms with van der Waals surface area (Å²) in [7, 11) is -4.76. The number of aliphatic hydroxyl groups is 2. The fraction of sp³-hybridized carbons (Fsp3) is 0.526. The van der Waals surface area contributed by atoms with Gasteiger partial charge in [-0.2, -0.15) is 9.97 Å². The summed E-state index contributed by atoms with van der Waals surface area (Å²) < 4.78 is 37.2. The molecule has 0 aromatic carbocycles. The molecular weight excluding hydrogens is 611 g/mol. The van der Waals surface area contributed by atoms with Crippen LogP contribution in [0.5, 0.6) is 0 Å². The largest absolute Gasteiger partial charge is 0.472 e. The number of phosphoric acid groups is 1. The molecule has 0 amide bonds. The Bertz CT molecular complexity index is 1550. The highest BCUT2D eigenvalue weighted by atomic mass is 79.9. The number of hydrogen-bond donors (Lipinski definition) is 6. The van der Waals surface area contributed by atoms with Crippen LogP contribution in [0.25, 0.3) is 11.2 Å². The molecule has 212 valence electrons. The van der Waals surface area contributed by atoms with E-state index < -0.39 is 69.2 Å². The van der Waals surface area contributed by atoms with E-state index in [1.165, 1.54) is 16.8 Å². The highest BCUT2D eigenvalue weighted by Crippen LogP contribution is 2.49. The molecule has 0 saturated carbocycles. The fourth-order valence-electron chi connectivity index (χ4n) is 4.41. The summed E-state index contributed by atoms with van der Waals surface area (Å²) >= 11 is 3.24. The topological polar surface area (TPSA) is 265 Å². The Morgan fingerprint density at radius 3 is 2.64 bits per heavy atom. The summed E-state index contributed by atoms with van der Waals surface area (Å²) in [4.78, 5) is 48.7. The van der Waals surface area contributed by atoms with E-state index in [9.17, 15) is 29.3 Å². The van der Waals surface area contributed by atoms with Crippen molar-refractivity contribution in [2.45, 2.75) is 49.7 Å². The molecule has 5 heterocycles. The molecule has 0 spiro atoms. The van der Waals surface area contributed by atoms with Crippen LogP contribution in [0.2, 0.25) is 0 Å². The lowest BCUT2D eigenvalue weighted by Gasteiger charge is -2.21. The molecule has 18 nitrogen and oxygen atoms in total. The number of nitrogens with zero attached hydrogens (tertiary/aromatic N) is 5. The van der Waals surface area contributed by atoms with Crippen LogP contribution in [-0.2, 0) is 23.1 Å². The number of rotatable bonds is 8. The lowest BCUT2D eigenvalue weighted by atomic mass is 10.2. The Balaban J connectivity index is 1.25. The highest BCUT2D eigenvalue weighted by molar-refractivity contribution is 9.10. The number of imidazole rings is 1. The van der Waals surface area contributed by atoms with Gasteiger partial charge in [0.25, 0.3) is 5.56 Å². The van der Waals surface area contributed by atoms with E-state index in [2.05, 4.69) is 35.9 Å². The number of halogens is 1. The average Bonchev–Trinajstić information content (AvgIpc) is 3.51. The van der Waals surface area contributed by atoms with Gasteiger partial charge in [0.2, 0.25) is 5.95 Å². The maximum Gasteiger partial charge on any atom is 0.472 e. The first-order chi connectivity index (χ1) is 18.5. The predicted molar refractivity (Wildman–Crippen MR) is 134 cm³/mol. The molecule has 20 heteroatoms. The minimum absolute atomic E-state index is 0.00399. The zero-order valence-corrected chi connectivity index (χ0v) is 22.3. The number of anilines is 2. The number of ether oxygens (including phenoxy) is 2. The minimum Gasteiger partial charge on any atom is -0.394 e. The van der Waals surface area contributed by atoms with Crippen LogP contribution < -0.4 is 22.7 Å². The molecule has 0 bridgehead atoms. The Morgan fingerprint density at radius 2 is 1.92 bits per heavy atom. The van der Waals surface area contributed by atoms with Crippen LogP contribution in [0.15, 0.2) is 26.6 Å². The molecule has 39 heavy (non-hydrogen) atoms. The van der Waals surface area contributed by atoms with Crippen LogP contribution in [0.4, 0.5) is 11.8 Å². The molecular formula is C19H24BrN8O10P. The van der Waals surface area contributed by atoms with Crippen molar-refractivity contribution in [2.24, 2.45) is 0 Å². The first-order valence-electron chi connectivity index (χ1n) is 11.5. The van der Waals surface area contributed by atoms with E-state index in [0.29, 0.717) is 0 Å². The van der Waals surface area contributed by atoms with E-state index in [4.69, 9.17) is 30.0 Å². The minimum atomic E-state index is -4.76. The number of H-pyrrole nitrogens is 1. The number of hydrogen-bond acceptors (Lipinski definition) is 14. The maximum atomic E-state index is 12.8. The quantitative estimate of drug-likeness (QED) is 0.125. The smallest absolute Gasteiger partial charge is 0.394 e. The summed E-state index contributed by atoms with van der Waals surface area (Å²) in [6.07, 6.45) is -4.87. The average molecular weight is 635 g/mol. The molecule has 2 saturated heterocycles. The zero-order valence-electron chi connectivity index (χ0n) is 19.9. The van der Waals surface area contributed by atoms with Crippen LogP contribution in [0, 0.1) is 0 Å². The summed E-state index contributed by atoms with van der Waals surface area (Å²) in [5, 5.41) is 20.1. The van der Waals surface area contributed by atoms with Crippen molar-refractivity contribution < 1.29 is 38.2 Å². The third kappa shape index (κ3) is 5.63. The second-order valence-corrected chi connectivity index (χ2v) is 10.9. The molecule has 0 radical (unpaired) electrons. The molecule has 3 aromatic heterocycles. The lowest BCUT2D eigenvalue weighted by molar-refractivity contribution is -0.0568. The van der Waals surface area contributed by atoms with Gasteiger partial charge in [-0.25, -0.2) is 14.3 Å². The van der Waals surface area contributed by atoms with E-state index >= 15 is 0 Å². The second-order valence-electron chi connectivity index (χ2n) is 8.80. The van der Waals surface area contributed by atoms with Crippen molar-refractivity contribution in [3.8, 4) is 0 Å². The summed E-state index contributed by atoms with van der Waals surface area (Å²) in [5.41, 5.74) is 9.93. The Kier molecular flexibility index (Phi) is 7.61. The number of nitrogen functional groups attached to an aromatic ring is 2. The first-order valence-corrected chi connectivity index (χ1v) is 13.8. The predicted octanol–water partition coefficient (Wildman–Crippen LogP) is -1.27. The third-order valence-corrected chi connectivity index (χ3v) is 7.78. The second kappa shape index (κ2) is 10.7. The SMILES string of the molecule is Nc1ccn([C@H]2C[C@H](O)[C@@H](COP(=O)(O)O[C@H]3C[C@H](n4c(Br)nc5c(=O)[nH]c(N)nc54)O[C@@H]3CO)O2)c(=O)n1. The zero-order chi connectivity index (χ0) is 28.1. The number of phosphoric ester groups is 1. The van der Waals surface area contributed by atoms with E-state index in [0.717, 1.165) is 4.57 Å². The Labute approximate surface area is 226 Å². The number of aromatic nitrogens is 6. The van der Waals surface area contributed by atoms with Crippen molar-refractivity contribution in [1.29, 1.82) is 0 Å². The Hall–Kier alpha value is -2.74. The molecule has 2 aliphatic rings. The normalized spacial score (nSPS) is 28.7. The van der Waals surface area contributed by atoms with Gasteiger partial charge >= 0.3 is 13.5 Å². The van der Waals surface area contributed by atoms with Gasteiger partial charge in [0.05, 0.1) is 19.3 Å². The van der Waals surface area contributed by atoms with Gasteiger partial charge in [-0.15, -0.1) is 0 Å². The number of aromatic amines is 1. The standard InChI is InChI=1S/C19H24BrN8O10P/c20-17-24-14-15(25-18(22)26-16(14)31)28(17)13-4-8(9(5-29)36-13)38-39(33,34)35-6-10-7(30)3-12(37-10)27-2-1-11(21)23-19(27)32/h1-2,7-10,12-13,29-30H,3-6H2,(H,33,34)(H2,21,23,32)(H3,22,25,26,31)/t7-,8-,9+,10+,12+,13+/m0/s1. The van der Waals surface area contributed by atoms with Gasteiger partial charge < -0.3 is 36.0 Å². The van der Waals surface area contributed by atoms with Gasteiger partial charge in [-0.3, -0.25) is 28.0 Å². The first kappa shape index (κ1) is 27.8. The fourth-order valence-corrected chi connectivity index (χ4v) is 5.95. The van der Waals surface area contributed by atoms with Crippen LogP contribution in [0.3, 0.4) is 0 Å².